The molecule has 4 heteroatoms. The summed E-state index contributed by atoms with van der Waals surface area (Å²) in [7, 11) is 0. The molecule has 3 rings (SSSR count). The number of hydrogen-bond acceptors (Lipinski definition) is 3. The molecular weight excluding hydrogens is 296 g/mol. The molecule has 3 aromatic rings. The number of benzene rings is 2. The molecule has 0 saturated carbocycles. The van der Waals surface area contributed by atoms with E-state index in [0.29, 0.717) is 23.0 Å². The third kappa shape index (κ3) is 3.21. The van der Waals surface area contributed by atoms with Crippen LogP contribution in [0.1, 0.15) is 5.56 Å². The summed E-state index contributed by atoms with van der Waals surface area (Å²) in [5.41, 5.74) is 8.86. The normalized spacial score (nSPS) is 10.4. The molecular formula is C18H15ClN2O. The third-order valence-electron chi connectivity index (χ3n) is 3.24. The molecule has 0 atom stereocenters. The van der Waals surface area contributed by atoms with E-state index in [1.165, 1.54) is 0 Å². The summed E-state index contributed by atoms with van der Waals surface area (Å²) < 4.78 is 5.93. The lowest BCUT2D eigenvalue weighted by Gasteiger charge is -2.12. The highest BCUT2D eigenvalue weighted by atomic mass is 35.5. The van der Waals surface area contributed by atoms with Crippen LogP contribution in [0.2, 0.25) is 5.02 Å². The van der Waals surface area contributed by atoms with Crippen LogP contribution in [-0.2, 0) is 6.61 Å². The Labute approximate surface area is 134 Å². The van der Waals surface area contributed by atoms with Gasteiger partial charge in [-0.05, 0) is 23.8 Å². The minimum Gasteiger partial charge on any atom is -0.488 e. The van der Waals surface area contributed by atoms with Gasteiger partial charge in [-0.1, -0.05) is 54.1 Å². The Bertz CT molecular complexity index is 775. The molecule has 0 unspecified atom stereocenters. The molecule has 0 aliphatic heterocycles. The SMILES string of the molecule is Nc1cnc(-c2ccccc2OCc2ccccc2)c(Cl)c1. The van der Waals surface area contributed by atoms with Crippen LogP contribution in [0.25, 0.3) is 11.3 Å². The second-order valence-corrected chi connectivity index (χ2v) is 5.28. The predicted octanol–water partition coefficient (Wildman–Crippen LogP) is 4.56. The zero-order chi connectivity index (χ0) is 15.4. The summed E-state index contributed by atoms with van der Waals surface area (Å²) in [6, 6.07) is 19.4. The lowest BCUT2D eigenvalue weighted by molar-refractivity contribution is 0.307. The van der Waals surface area contributed by atoms with Crippen molar-refractivity contribution < 1.29 is 4.74 Å². The number of pyridine rings is 1. The van der Waals surface area contributed by atoms with E-state index in [-0.39, 0.29) is 0 Å². The second-order valence-electron chi connectivity index (χ2n) is 4.87. The maximum absolute atomic E-state index is 6.26. The molecule has 22 heavy (non-hydrogen) atoms. The van der Waals surface area contributed by atoms with Gasteiger partial charge in [0.1, 0.15) is 12.4 Å². The molecule has 0 aliphatic rings. The number of nitrogens with zero attached hydrogens (tertiary/aromatic N) is 1. The van der Waals surface area contributed by atoms with Gasteiger partial charge in [0.05, 0.1) is 22.6 Å². The van der Waals surface area contributed by atoms with Crippen molar-refractivity contribution in [2.45, 2.75) is 6.61 Å². The number of ether oxygens (including phenoxy) is 1. The van der Waals surface area contributed by atoms with Crippen LogP contribution < -0.4 is 10.5 Å². The molecule has 0 fully saturated rings. The number of aromatic nitrogens is 1. The quantitative estimate of drug-likeness (QED) is 0.768. The van der Waals surface area contributed by atoms with Gasteiger partial charge in [-0.2, -0.15) is 0 Å². The van der Waals surface area contributed by atoms with E-state index in [4.69, 9.17) is 22.1 Å². The van der Waals surface area contributed by atoms with Gasteiger partial charge in [-0.25, -0.2) is 0 Å². The molecule has 2 aromatic carbocycles. The topological polar surface area (TPSA) is 48.1 Å². The first kappa shape index (κ1) is 14.4. The Kier molecular flexibility index (Phi) is 4.26. The Hall–Kier alpha value is -2.52. The van der Waals surface area contributed by atoms with Crippen molar-refractivity contribution in [2.24, 2.45) is 0 Å². The fourth-order valence-corrected chi connectivity index (χ4v) is 2.45. The van der Waals surface area contributed by atoms with Crippen molar-refractivity contribution in [3.8, 4) is 17.0 Å². The van der Waals surface area contributed by atoms with Crippen LogP contribution in [0, 0.1) is 0 Å². The summed E-state index contributed by atoms with van der Waals surface area (Å²) in [6.07, 6.45) is 1.59. The lowest BCUT2D eigenvalue weighted by atomic mass is 10.1. The molecule has 0 bridgehead atoms. The fraction of sp³-hybridized carbons (Fsp3) is 0.0556. The first-order valence-electron chi connectivity index (χ1n) is 6.91. The van der Waals surface area contributed by atoms with Gasteiger partial charge in [0.2, 0.25) is 0 Å². The first-order chi connectivity index (χ1) is 10.7. The van der Waals surface area contributed by atoms with Crippen LogP contribution in [0.4, 0.5) is 5.69 Å². The Morgan fingerprint density at radius 1 is 1.00 bits per heavy atom. The summed E-state index contributed by atoms with van der Waals surface area (Å²) in [4.78, 5) is 4.33. The number of hydrogen-bond donors (Lipinski definition) is 1. The Balaban J connectivity index is 1.90. The number of anilines is 1. The molecule has 0 radical (unpaired) electrons. The van der Waals surface area contributed by atoms with Crippen LogP contribution in [0.3, 0.4) is 0 Å². The maximum Gasteiger partial charge on any atom is 0.129 e. The lowest BCUT2D eigenvalue weighted by Crippen LogP contribution is -1.98. The Morgan fingerprint density at radius 2 is 1.73 bits per heavy atom. The van der Waals surface area contributed by atoms with Crippen LogP contribution in [-0.4, -0.2) is 4.98 Å². The van der Waals surface area contributed by atoms with E-state index >= 15 is 0 Å². The number of nitrogens with two attached hydrogens (primary N) is 1. The highest BCUT2D eigenvalue weighted by Crippen LogP contribution is 2.34. The van der Waals surface area contributed by atoms with Gasteiger partial charge < -0.3 is 10.5 Å². The number of rotatable bonds is 4. The van der Waals surface area contributed by atoms with E-state index in [0.717, 1.165) is 16.9 Å². The average Bonchev–Trinajstić information content (AvgIpc) is 2.54. The average molecular weight is 311 g/mol. The zero-order valence-electron chi connectivity index (χ0n) is 11.9. The minimum atomic E-state index is 0.491. The van der Waals surface area contributed by atoms with Crippen LogP contribution in [0.15, 0.2) is 66.9 Å². The molecule has 2 N–H and O–H groups in total. The van der Waals surface area contributed by atoms with E-state index < -0.39 is 0 Å². The van der Waals surface area contributed by atoms with Crippen molar-refractivity contribution in [1.29, 1.82) is 0 Å². The molecule has 1 heterocycles. The molecule has 0 aliphatic carbocycles. The van der Waals surface area contributed by atoms with Crippen molar-refractivity contribution in [1.82, 2.24) is 4.98 Å². The molecule has 3 nitrogen and oxygen atoms in total. The minimum absolute atomic E-state index is 0.491. The van der Waals surface area contributed by atoms with Gasteiger partial charge in [-0.3, -0.25) is 4.98 Å². The van der Waals surface area contributed by atoms with Crippen molar-refractivity contribution in [3.63, 3.8) is 0 Å². The van der Waals surface area contributed by atoms with Gasteiger partial charge in [0, 0.05) is 5.56 Å². The van der Waals surface area contributed by atoms with E-state index in [2.05, 4.69) is 4.98 Å². The fourth-order valence-electron chi connectivity index (χ4n) is 2.17. The van der Waals surface area contributed by atoms with Gasteiger partial charge >= 0.3 is 0 Å². The predicted molar refractivity (Wildman–Crippen MR) is 89.9 cm³/mol. The summed E-state index contributed by atoms with van der Waals surface area (Å²) in [5.74, 6) is 0.741. The summed E-state index contributed by atoms with van der Waals surface area (Å²) in [5, 5.41) is 0.510. The molecule has 110 valence electrons. The van der Waals surface area contributed by atoms with Crippen LogP contribution in [0.5, 0.6) is 5.75 Å². The van der Waals surface area contributed by atoms with E-state index in [9.17, 15) is 0 Å². The zero-order valence-corrected chi connectivity index (χ0v) is 12.6. The van der Waals surface area contributed by atoms with Gasteiger partial charge in [0.15, 0.2) is 0 Å². The van der Waals surface area contributed by atoms with Crippen molar-refractivity contribution >= 4 is 17.3 Å². The molecule has 0 amide bonds. The largest absolute Gasteiger partial charge is 0.488 e. The van der Waals surface area contributed by atoms with Crippen molar-refractivity contribution in [3.05, 3.63) is 77.4 Å². The first-order valence-corrected chi connectivity index (χ1v) is 7.29. The highest BCUT2D eigenvalue weighted by Gasteiger charge is 2.11. The molecule has 1 aromatic heterocycles. The monoisotopic (exact) mass is 310 g/mol. The van der Waals surface area contributed by atoms with Crippen molar-refractivity contribution in [2.75, 3.05) is 5.73 Å². The smallest absolute Gasteiger partial charge is 0.129 e. The number of para-hydroxylation sites is 1. The maximum atomic E-state index is 6.26. The van der Waals surface area contributed by atoms with Crippen LogP contribution >= 0.6 is 11.6 Å². The van der Waals surface area contributed by atoms with E-state index in [1.807, 2.05) is 54.6 Å². The van der Waals surface area contributed by atoms with E-state index in [1.54, 1.807) is 12.3 Å². The number of halogens is 1. The standard InChI is InChI=1S/C18H15ClN2O/c19-16-10-14(20)11-21-18(16)15-8-4-5-9-17(15)22-12-13-6-2-1-3-7-13/h1-11H,12,20H2. The summed E-state index contributed by atoms with van der Waals surface area (Å²) in [6.45, 7) is 0.491. The second kappa shape index (κ2) is 6.50. The van der Waals surface area contributed by atoms with Gasteiger partial charge in [-0.15, -0.1) is 0 Å². The molecule has 0 spiro atoms. The van der Waals surface area contributed by atoms with Gasteiger partial charge in [0.25, 0.3) is 0 Å². The number of nitrogen functional groups attached to an aromatic ring is 1. The summed E-state index contributed by atoms with van der Waals surface area (Å²) >= 11 is 6.26. The highest BCUT2D eigenvalue weighted by molar-refractivity contribution is 6.33. The Morgan fingerprint density at radius 3 is 2.50 bits per heavy atom. The molecule has 0 saturated heterocycles. The third-order valence-corrected chi connectivity index (χ3v) is 3.53.